The van der Waals surface area contributed by atoms with Gasteiger partial charge in [0.1, 0.15) is 0 Å². The van der Waals surface area contributed by atoms with E-state index in [4.69, 9.17) is 0 Å². The van der Waals surface area contributed by atoms with Gasteiger partial charge in [0, 0.05) is 12.6 Å². The summed E-state index contributed by atoms with van der Waals surface area (Å²) < 4.78 is 0. The van der Waals surface area contributed by atoms with Gasteiger partial charge in [-0.05, 0) is 39.2 Å². The third-order valence-corrected chi connectivity index (χ3v) is 3.72. The Hall–Kier alpha value is -0.300. The van der Waals surface area contributed by atoms with Crippen LogP contribution in [0.5, 0.6) is 0 Å². The van der Waals surface area contributed by atoms with Crippen LogP contribution in [0.4, 0.5) is 0 Å². The zero-order chi connectivity index (χ0) is 9.26. The number of nitrogens with zero attached hydrogens (tertiary/aromatic N) is 1. The van der Waals surface area contributed by atoms with E-state index in [1.54, 1.807) is 11.1 Å². The van der Waals surface area contributed by atoms with E-state index in [0.717, 1.165) is 6.04 Å². The average Bonchev–Trinajstić information content (AvgIpc) is 2.17. The fraction of sp³-hybridized carbons (Fsp3) is 0.833. The van der Waals surface area contributed by atoms with Gasteiger partial charge in [-0.3, -0.25) is 4.90 Å². The molecular weight excluding hydrogens is 158 g/mol. The van der Waals surface area contributed by atoms with Crippen molar-refractivity contribution in [2.45, 2.75) is 52.0 Å². The Morgan fingerprint density at radius 3 is 3.00 bits per heavy atom. The van der Waals surface area contributed by atoms with Crippen molar-refractivity contribution in [3.63, 3.8) is 0 Å². The lowest BCUT2D eigenvalue weighted by Gasteiger charge is -2.40. The molecule has 1 atom stereocenters. The van der Waals surface area contributed by atoms with Crippen LogP contribution in [0, 0.1) is 0 Å². The second kappa shape index (κ2) is 3.83. The van der Waals surface area contributed by atoms with Crippen molar-refractivity contribution in [2.75, 3.05) is 13.1 Å². The predicted molar refractivity (Wildman–Crippen MR) is 56.8 cm³/mol. The second-order valence-corrected chi connectivity index (χ2v) is 4.56. The van der Waals surface area contributed by atoms with E-state index >= 15 is 0 Å². The lowest BCUT2D eigenvalue weighted by molar-refractivity contribution is 0.148. The van der Waals surface area contributed by atoms with E-state index < -0.39 is 0 Å². The Kier molecular flexibility index (Phi) is 2.73. The minimum atomic E-state index is 0.893. The Bertz CT molecular complexity index is 217. The number of hydrogen-bond acceptors (Lipinski definition) is 1. The molecule has 0 aromatic heterocycles. The molecule has 0 aromatic rings. The van der Waals surface area contributed by atoms with Gasteiger partial charge in [0.05, 0.1) is 0 Å². The summed E-state index contributed by atoms with van der Waals surface area (Å²) in [7, 11) is 0. The summed E-state index contributed by atoms with van der Waals surface area (Å²) in [6.45, 7) is 7.25. The van der Waals surface area contributed by atoms with Crippen molar-refractivity contribution >= 4 is 0 Å². The number of piperidine rings is 1. The van der Waals surface area contributed by atoms with E-state index in [1.165, 1.54) is 45.2 Å². The lowest BCUT2D eigenvalue weighted by atomic mass is 9.88. The first kappa shape index (κ1) is 9.26. The Morgan fingerprint density at radius 2 is 2.23 bits per heavy atom. The average molecular weight is 179 g/mol. The predicted octanol–water partition coefficient (Wildman–Crippen LogP) is 2.97. The first-order valence-electron chi connectivity index (χ1n) is 5.72. The largest absolute Gasteiger partial charge is 0.296 e. The molecule has 1 nitrogen and oxygen atoms in total. The van der Waals surface area contributed by atoms with E-state index in [-0.39, 0.29) is 0 Å². The highest BCUT2D eigenvalue weighted by Gasteiger charge is 2.27. The fourth-order valence-electron chi connectivity index (χ4n) is 2.79. The van der Waals surface area contributed by atoms with Crippen molar-refractivity contribution in [1.29, 1.82) is 0 Å². The highest BCUT2D eigenvalue weighted by molar-refractivity contribution is 5.19. The summed E-state index contributed by atoms with van der Waals surface area (Å²) in [6, 6.07) is 0.893. The van der Waals surface area contributed by atoms with Gasteiger partial charge in [-0.15, -0.1) is 0 Å². The standard InChI is InChI=1S/C12H21N/c1-3-11-9-13-7-5-4-6-12(13)8-10(11)2/h12H,3-9H2,1-2H3. The van der Waals surface area contributed by atoms with Gasteiger partial charge in [0.25, 0.3) is 0 Å². The smallest absolute Gasteiger partial charge is 0.0198 e. The molecule has 1 fully saturated rings. The second-order valence-electron chi connectivity index (χ2n) is 4.56. The van der Waals surface area contributed by atoms with Gasteiger partial charge < -0.3 is 0 Å². The minimum Gasteiger partial charge on any atom is -0.296 e. The van der Waals surface area contributed by atoms with Crippen LogP contribution in [-0.2, 0) is 0 Å². The SMILES string of the molecule is CCC1=C(C)CC2CCCCN2C1. The molecule has 0 aliphatic carbocycles. The molecule has 13 heavy (non-hydrogen) atoms. The summed E-state index contributed by atoms with van der Waals surface area (Å²) in [4.78, 5) is 2.70. The van der Waals surface area contributed by atoms with Crippen LogP contribution in [0.3, 0.4) is 0 Å². The van der Waals surface area contributed by atoms with Crippen LogP contribution in [0.2, 0.25) is 0 Å². The highest BCUT2D eigenvalue weighted by atomic mass is 15.2. The molecule has 0 bridgehead atoms. The molecule has 1 saturated heterocycles. The van der Waals surface area contributed by atoms with Crippen molar-refractivity contribution in [3.8, 4) is 0 Å². The third-order valence-electron chi connectivity index (χ3n) is 3.72. The molecule has 1 unspecified atom stereocenters. The van der Waals surface area contributed by atoms with Crippen molar-refractivity contribution in [2.24, 2.45) is 0 Å². The van der Waals surface area contributed by atoms with Crippen LogP contribution in [0.25, 0.3) is 0 Å². The molecule has 0 amide bonds. The van der Waals surface area contributed by atoms with E-state index in [9.17, 15) is 0 Å². The van der Waals surface area contributed by atoms with Gasteiger partial charge in [0.2, 0.25) is 0 Å². The molecule has 0 radical (unpaired) electrons. The molecule has 0 aromatic carbocycles. The van der Waals surface area contributed by atoms with Gasteiger partial charge in [0.15, 0.2) is 0 Å². The summed E-state index contributed by atoms with van der Waals surface area (Å²) in [5, 5.41) is 0. The van der Waals surface area contributed by atoms with Crippen LogP contribution in [0.1, 0.15) is 46.0 Å². The zero-order valence-electron chi connectivity index (χ0n) is 8.97. The Labute approximate surface area is 81.8 Å². The molecular formula is C12H21N. The molecule has 0 N–H and O–H groups in total. The molecule has 2 aliphatic rings. The fourth-order valence-corrected chi connectivity index (χ4v) is 2.79. The first-order valence-corrected chi connectivity index (χ1v) is 5.72. The molecule has 1 heteroatoms. The van der Waals surface area contributed by atoms with Crippen LogP contribution < -0.4 is 0 Å². The molecule has 2 aliphatic heterocycles. The monoisotopic (exact) mass is 179 g/mol. The topological polar surface area (TPSA) is 3.24 Å². The van der Waals surface area contributed by atoms with Gasteiger partial charge in [-0.25, -0.2) is 0 Å². The van der Waals surface area contributed by atoms with E-state index in [2.05, 4.69) is 18.7 Å². The summed E-state index contributed by atoms with van der Waals surface area (Å²) in [6.07, 6.45) is 6.93. The maximum atomic E-state index is 2.70. The first-order chi connectivity index (χ1) is 6.31. The Balaban J connectivity index is 2.09. The molecule has 2 rings (SSSR count). The minimum absolute atomic E-state index is 0.893. The lowest BCUT2D eigenvalue weighted by Crippen LogP contribution is -2.43. The van der Waals surface area contributed by atoms with E-state index in [1.807, 2.05) is 0 Å². The van der Waals surface area contributed by atoms with Crippen molar-refractivity contribution < 1.29 is 0 Å². The number of hydrogen-bond donors (Lipinski definition) is 0. The summed E-state index contributed by atoms with van der Waals surface area (Å²) in [5.74, 6) is 0. The molecule has 74 valence electrons. The maximum absolute atomic E-state index is 2.70. The third kappa shape index (κ3) is 1.80. The number of fused-ring (bicyclic) bond motifs is 1. The van der Waals surface area contributed by atoms with Gasteiger partial charge in [-0.2, -0.15) is 0 Å². The zero-order valence-corrected chi connectivity index (χ0v) is 8.97. The molecule has 0 spiro atoms. The summed E-state index contributed by atoms with van der Waals surface area (Å²) in [5.41, 5.74) is 3.39. The Morgan fingerprint density at radius 1 is 1.38 bits per heavy atom. The normalized spacial score (nSPS) is 30.5. The summed E-state index contributed by atoms with van der Waals surface area (Å²) >= 11 is 0. The van der Waals surface area contributed by atoms with Crippen molar-refractivity contribution in [1.82, 2.24) is 4.90 Å². The van der Waals surface area contributed by atoms with Crippen LogP contribution in [0.15, 0.2) is 11.1 Å². The van der Waals surface area contributed by atoms with Gasteiger partial charge in [-0.1, -0.05) is 24.5 Å². The van der Waals surface area contributed by atoms with Gasteiger partial charge >= 0.3 is 0 Å². The van der Waals surface area contributed by atoms with Crippen LogP contribution >= 0.6 is 0 Å². The van der Waals surface area contributed by atoms with E-state index in [0.29, 0.717) is 0 Å². The van der Waals surface area contributed by atoms with Crippen LogP contribution in [-0.4, -0.2) is 24.0 Å². The number of rotatable bonds is 1. The molecule has 0 saturated carbocycles. The maximum Gasteiger partial charge on any atom is 0.0198 e. The highest BCUT2D eigenvalue weighted by Crippen LogP contribution is 2.30. The quantitative estimate of drug-likeness (QED) is 0.559. The molecule has 2 heterocycles. The van der Waals surface area contributed by atoms with Crippen molar-refractivity contribution in [3.05, 3.63) is 11.1 Å².